The number of nitrogens with one attached hydrogen (secondary N) is 1. The van der Waals surface area contributed by atoms with Gasteiger partial charge in [0, 0.05) is 26.1 Å². The van der Waals surface area contributed by atoms with E-state index in [1.165, 1.54) is 6.92 Å². The molecule has 21 heavy (non-hydrogen) atoms. The Hall–Kier alpha value is -1.54. The van der Waals surface area contributed by atoms with Gasteiger partial charge in [0.1, 0.15) is 0 Å². The van der Waals surface area contributed by atoms with Crippen LogP contribution in [0.25, 0.3) is 0 Å². The first-order chi connectivity index (χ1) is 9.79. The van der Waals surface area contributed by atoms with Crippen LogP contribution in [0, 0.1) is 11.6 Å². The quantitative estimate of drug-likeness (QED) is 0.912. The summed E-state index contributed by atoms with van der Waals surface area (Å²) in [6.45, 7) is 2.41. The molecular weight excluding hydrogens is 302 g/mol. The molecule has 0 aromatic heterocycles. The van der Waals surface area contributed by atoms with Gasteiger partial charge in [-0.1, -0.05) is 0 Å². The van der Waals surface area contributed by atoms with Gasteiger partial charge in [0.15, 0.2) is 11.6 Å². The number of hydrogen-bond donors (Lipinski definition) is 1. The van der Waals surface area contributed by atoms with Crippen LogP contribution in [-0.2, 0) is 14.8 Å². The van der Waals surface area contributed by atoms with Crippen molar-refractivity contribution >= 4 is 15.9 Å². The van der Waals surface area contributed by atoms with Gasteiger partial charge in [0.2, 0.25) is 15.9 Å². The van der Waals surface area contributed by atoms with Crippen LogP contribution in [0.5, 0.6) is 0 Å². The fourth-order valence-electron chi connectivity index (χ4n) is 2.24. The number of rotatable bonds is 3. The van der Waals surface area contributed by atoms with E-state index in [2.05, 4.69) is 4.72 Å². The second-order valence-corrected chi connectivity index (χ2v) is 6.69. The highest BCUT2D eigenvalue weighted by atomic mass is 32.2. The van der Waals surface area contributed by atoms with Crippen molar-refractivity contribution in [3.8, 4) is 0 Å². The molecule has 8 heteroatoms. The van der Waals surface area contributed by atoms with Crippen molar-refractivity contribution in [1.82, 2.24) is 9.62 Å². The average Bonchev–Trinajstić information content (AvgIpc) is 2.42. The van der Waals surface area contributed by atoms with Gasteiger partial charge in [-0.25, -0.2) is 21.9 Å². The maximum absolute atomic E-state index is 13.1. The number of benzene rings is 1. The average molecular weight is 318 g/mol. The molecule has 0 bridgehead atoms. The van der Waals surface area contributed by atoms with Crippen LogP contribution in [0.1, 0.15) is 19.8 Å². The SMILES string of the molecule is CC(=O)N1CCC(NS(=O)(=O)c2ccc(F)c(F)c2)CC1. The van der Waals surface area contributed by atoms with Gasteiger partial charge in [0.25, 0.3) is 0 Å². The van der Waals surface area contributed by atoms with Crippen LogP contribution < -0.4 is 4.72 Å². The molecule has 2 rings (SSSR count). The zero-order chi connectivity index (χ0) is 15.6. The number of sulfonamides is 1. The van der Waals surface area contributed by atoms with Crippen molar-refractivity contribution in [3.63, 3.8) is 0 Å². The third kappa shape index (κ3) is 3.76. The Kier molecular flexibility index (Phi) is 4.58. The Balaban J connectivity index is 2.05. The number of carbonyl (C=O) groups is 1. The third-order valence-corrected chi connectivity index (χ3v) is 4.98. The zero-order valence-electron chi connectivity index (χ0n) is 11.5. The van der Waals surface area contributed by atoms with Crippen molar-refractivity contribution in [2.24, 2.45) is 0 Å². The predicted molar refractivity (Wildman–Crippen MR) is 72.0 cm³/mol. The summed E-state index contributed by atoms with van der Waals surface area (Å²) in [6.07, 6.45) is 0.977. The van der Waals surface area contributed by atoms with Crippen LogP contribution in [0.2, 0.25) is 0 Å². The number of halogens is 2. The van der Waals surface area contributed by atoms with Gasteiger partial charge < -0.3 is 4.90 Å². The van der Waals surface area contributed by atoms with Gasteiger partial charge in [0.05, 0.1) is 4.90 Å². The van der Waals surface area contributed by atoms with Crippen molar-refractivity contribution in [2.75, 3.05) is 13.1 Å². The highest BCUT2D eigenvalue weighted by Gasteiger charge is 2.26. The van der Waals surface area contributed by atoms with Crippen LogP contribution in [-0.4, -0.2) is 38.4 Å². The lowest BCUT2D eigenvalue weighted by Crippen LogP contribution is -2.45. The van der Waals surface area contributed by atoms with E-state index >= 15 is 0 Å². The minimum atomic E-state index is -3.90. The van der Waals surface area contributed by atoms with Crippen LogP contribution in [0.15, 0.2) is 23.1 Å². The summed E-state index contributed by atoms with van der Waals surface area (Å²) in [5, 5.41) is 0. The fourth-order valence-corrected chi connectivity index (χ4v) is 3.56. The number of nitrogens with zero attached hydrogens (tertiary/aromatic N) is 1. The van der Waals surface area contributed by atoms with E-state index in [0.29, 0.717) is 32.0 Å². The van der Waals surface area contributed by atoms with Crippen molar-refractivity contribution in [2.45, 2.75) is 30.7 Å². The molecule has 1 aromatic carbocycles. The second-order valence-electron chi connectivity index (χ2n) is 4.98. The smallest absolute Gasteiger partial charge is 0.240 e. The standard InChI is InChI=1S/C13H16F2N2O3S/c1-9(18)17-6-4-10(5-7-17)16-21(19,20)11-2-3-12(14)13(15)8-11/h2-3,8,10,16H,4-7H2,1H3. The van der Waals surface area contributed by atoms with E-state index in [-0.39, 0.29) is 16.8 Å². The number of likely N-dealkylation sites (tertiary alicyclic amines) is 1. The van der Waals surface area contributed by atoms with E-state index in [1.54, 1.807) is 4.90 Å². The highest BCUT2D eigenvalue weighted by molar-refractivity contribution is 7.89. The van der Waals surface area contributed by atoms with E-state index in [0.717, 1.165) is 12.1 Å². The minimum absolute atomic E-state index is 0.0445. The lowest BCUT2D eigenvalue weighted by atomic mass is 10.1. The molecule has 0 atom stereocenters. The maximum atomic E-state index is 13.1. The normalized spacial score (nSPS) is 17.0. The Bertz CT molecular complexity index is 641. The van der Waals surface area contributed by atoms with Crippen LogP contribution >= 0.6 is 0 Å². The fraction of sp³-hybridized carbons (Fsp3) is 0.462. The van der Waals surface area contributed by atoms with Crippen molar-refractivity contribution in [1.29, 1.82) is 0 Å². The summed E-state index contributed by atoms with van der Waals surface area (Å²) < 4.78 is 52.6. The molecule has 1 N–H and O–H groups in total. The molecule has 1 amide bonds. The summed E-state index contributed by atoms with van der Waals surface area (Å²) in [5.74, 6) is -2.34. The van der Waals surface area contributed by atoms with Gasteiger partial charge >= 0.3 is 0 Å². The molecular formula is C13H16F2N2O3S. The summed E-state index contributed by atoms with van der Waals surface area (Å²) in [5.41, 5.74) is 0. The van der Waals surface area contributed by atoms with Gasteiger partial charge in [-0.3, -0.25) is 4.79 Å². The molecule has 1 fully saturated rings. The minimum Gasteiger partial charge on any atom is -0.343 e. The highest BCUT2D eigenvalue weighted by Crippen LogP contribution is 2.17. The largest absolute Gasteiger partial charge is 0.343 e. The number of amides is 1. The predicted octanol–water partition coefficient (Wildman–Crippen LogP) is 1.25. The summed E-state index contributed by atoms with van der Waals surface area (Å²) in [6, 6.07) is 2.13. The molecule has 0 radical (unpaired) electrons. The lowest BCUT2D eigenvalue weighted by Gasteiger charge is -2.31. The van der Waals surface area contributed by atoms with Crippen LogP contribution in [0.3, 0.4) is 0 Å². The van der Waals surface area contributed by atoms with Gasteiger partial charge in [-0.2, -0.15) is 0 Å². The molecule has 0 saturated carbocycles. The monoisotopic (exact) mass is 318 g/mol. The first kappa shape index (κ1) is 15.8. The molecule has 0 unspecified atom stereocenters. The zero-order valence-corrected chi connectivity index (χ0v) is 12.3. The first-order valence-electron chi connectivity index (χ1n) is 6.52. The van der Waals surface area contributed by atoms with Crippen LogP contribution in [0.4, 0.5) is 8.78 Å². The molecule has 1 aromatic rings. The van der Waals surface area contributed by atoms with E-state index in [4.69, 9.17) is 0 Å². The maximum Gasteiger partial charge on any atom is 0.240 e. The topological polar surface area (TPSA) is 66.5 Å². The summed E-state index contributed by atoms with van der Waals surface area (Å²) in [7, 11) is -3.90. The third-order valence-electron chi connectivity index (χ3n) is 3.46. The number of hydrogen-bond acceptors (Lipinski definition) is 3. The Morgan fingerprint density at radius 2 is 1.86 bits per heavy atom. The molecule has 1 heterocycles. The van der Waals surface area contributed by atoms with Crippen molar-refractivity contribution in [3.05, 3.63) is 29.8 Å². The molecule has 0 spiro atoms. The first-order valence-corrected chi connectivity index (χ1v) is 8.01. The molecule has 5 nitrogen and oxygen atoms in total. The molecule has 1 aliphatic heterocycles. The Labute approximate surface area is 122 Å². The molecule has 0 aliphatic carbocycles. The number of piperidine rings is 1. The summed E-state index contributed by atoms with van der Waals surface area (Å²) >= 11 is 0. The summed E-state index contributed by atoms with van der Waals surface area (Å²) in [4.78, 5) is 12.5. The molecule has 1 saturated heterocycles. The Morgan fingerprint density at radius 3 is 2.38 bits per heavy atom. The van der Waals surface area contributed by atoms with E-state index < -0.39 is 21.7 Å². The molecule has 1 aliphatic rings. The Morgan fingerprint density at radius 1 is 1.24 bits per heavy atom. The van der Waals surface area contributed by atoms with Crippen molar-refractivity contribution < 1.29 is 22.0 Å². The lowest BCUT2D eigenvalue weighted by molar-refractivity contribution is -0.129. The van der Waals surface area contributed by atoms with E-state index in [9.17, 15) is 22.0 Å². The molecule has 116 valence electrons. The van der Waals surface area contributed by atoms with Gasteiger partial charge in [-0.15, -0.1) is 0 Å². The number of carbonyl (C=O) groups excluding carboxylic acids is 1. The second kappa shape index (κ2) is 6.07. The van der Waals surface area contributed by atoms with Gasteiger partial charge in [-0.05, 0) is 31.0 Å². The van der Waals surface area contributed by atoms with E-state index in [1.807, 2.05) is 0 Å².